The van der Waals surface area contributed by atoms with Crippen molar-refractivity contribution in [2.45, 2.75) is 40.3 Å². The maximum Gasteiger partial charge on any atom is 0.262 e. The number of imide groups is 1. The number of ether oxygens (including phenoxy) is 2. The highest BCUT2D eigenvalue weighted by atomic mass is 32.2. The van der Waals surface area contributed by atoms with Gasteiger partial charge in [-0.05, 0) is 41.0 Å². The summed E-state index contributed by atoms with van der Waals surface area (Å²) in [5.74, 6) is -1.06. The number of rotatable bonds is 9. The summed E-state index contributed by atoms with van der Waals surface area (Å²) >= 11 is 1.28. The standard InChI is InChI=1S/C39H33NO6S/c41-34-32(25-45-39(26-15-5-1-6-16-26,27-17-7-2-8-18-27)28-19-9-3-10-20-28)46-38(47-29-21-11-4-12-22-29)33(35(34)42)40-36(43)30-23-13-14-24-31(30)37(40)44/h1-24,32-35,38,41-42H,25H2/t32-,33-,34-,35-,38+/m1/s1. The largest absolute Gasteiger partial charge is 0.388 e. The van der Waals surface area contributed by atoms with Crippen molar-refractivity contribution >= 4 is 23.6 Å². The number of benzene rings is 5. The molecule has 0 unspecified atom stereocenters. The average molecular weight is 644 g/mol. The van der Waals surface area contributed by atoms with E-state index >= 15 is 0 Å². The fraction of sp³-hybridized carbons (Fsp3) is 0.179. The first-order valence-electron chi connectivity index (χ1n) is 15.5. The minimum atomic E-state index is -1.51. The van der Waals surface area contributed by atoms with Gasteiger partial charge in [-0.3, -0.25) is 14.5 Å². The molecule has 5 aromatic rings. The van der Waals surface area contributed by atoms with E-state index in [1.165, 1.54) is 11.8 Å². The van der Waals surface area contributed by atoms with Crippen molar-refractivity contribution in [2.75, 3.05) is 6.61 Å². The fourth-order valence-electron chi connectivity index (χ4n) is 6.51. The van der Waals surface area contributed by atoms with E-state index in [0.717, 1.165) is 26.5 Å². The van der Waals surface area contributed by atoms with Crippen LogP contribution in [0.5, 0.6) is 0 Å². The van der Waals surface area contributed by atoms with Gasteiger partial charge in [0, 0.05) is 4.90 Å². The number of nitrogens with zero attached hydrogens (tertiary/aromatic N) is 1. The molecule has 0 spiro atoms. The van der Waals surface area contributed by atoms with Gasteiger partial charge >= 0.3 is 0 Å². The monoisotopic (exact) mass is 643 g/mol. The van der Waals surface area contributed by atoms with Crippen molar-refractivity contribution in [3.05, 3.63) is 173 Å². The van der Waals surface area contributed by atoms with Crippen LogP contribution in [0.3, 0.4) is 0 Å². The fourth-order valence-corrected chi connectivity index (χ4v) is 7.72. The van der Waals surface area contributed by atoms with Crippen molar-refractivity contribution in [1.82, 2.24) is 4.90 Å². The lowest BCUT2D eigenvalue weighted by Crippen LogP contribution is -2.64. The number of aliphatic hydroxyl groups is 2. The van der Waals surface area contributed by atoms with Crippen LogP contribution in [-0.2, 0) is 15.1 Å². The van der Waals surface area contributed by atoms with Crippen molar-refractivity contribution in [3.8, 4) is 0 Å². The molecule has 0 aromatic heterocycles. The summed E-state index contributed by atoms with van der Waals surface area (Å²) in [7, 11) is 0. The van der Waals surface area contributed by atoms with Crippen molar-refractivity contribution < 1.29 is 29.3 Å². The molecule has 8 heteroatoms. The summed E-state index contributed by atoms with van der Waals surface area (Å²) in [6.45, 7) is -0.113. The minimum Gasteiger partial charge on any atom is -0.388 e. The number of fused-ring (bicyclic) bond motifs is 1. The Morgan fingerprint density at radius 3 is 1.51 bits per heavy atom. The number of carbonyl (C=O) groups excluding carboxylic acids is 2. The molecular weight excluding hydrogens is 610 g/mol. The van der Waals surface area contributed by atoms with Crippen molar-refractivity contribution in [2.24, 2.45) is 0 Å². The first-order chi connectivity index (χ1) is 23.0. The molecule has 0 saturated carbocycles. The van der Waals surface area contributed by atoms with Crippen molar-refractivity contribution in [3.63, 3.8) is 0 Å². The Kier molecular flexibility index (Phi) is 8.77. The van der Waals surface area contributed by atoms with E-state index in [-0.39, 0.29) is 17.7 Å². The summed E-state index contributed by atoms with van der Waals surface area (Å²) in [6.07, 6.45) is -3.99. The molecule has 2 heterocycles. The summed E-state index contributed by atoms with van der Waals surface area (Å²) < 4.78 is 13.5. The summed E-state index contributed by atoms with van der Waals surface area (Å²) in [5, 5.41) is 23.4. The zero-order chi connectivity index (χ0) is 32.4. The van der Waals surface area contributed by atoms with Gasteiger partial charge in [-0.2, -0.15) is 0 Å². The van der Waals surface area contributed by atoms with Gasteiger partial charge in [0.1, 0.15) is 35.4 Å². The second-order valence-electron chi connectivity index (χ2n) is 11.6. The number of hydrogen-bond acceptors (Lipinski definition) is 7. The summed E-state index contributed by atoms with van der Waals surface area (Å²) in [6, 6.07) is 44.4. The molecule has 2 aliphatic rings. The molecule has 5 atom stereocenters. The van der Waals surface area contributed by atoms with Crippen LogP contribution in [0, 0.1) is 0 Å². The van der Waals surface area contributed by atoms with E-state index in [1.807, 2.05) is 121 Å². The Bertz CT molecular complexity index is 1710. The summed E-state index contributed by atoms with van der Waals surface area (Å²) in [4.78, 5) is 29.0. The SMILES string of the molecule is O=C1c2ccccc2C(=O)N1[C@@H]1[C@@H](O)[C@H](O)[C@@H](COC(c2ccccc2)(c2ccccc2)c2ccccc2)O[C@H]1Sc1ccccc1. The molecule has 0 aliphatic carbocycles. The topological polar surface area (TPSA) is 96.3 Å². The highest BCUT2D eigenvalue weighted by Gasteiger charge is 2.53. The van der Waals surface area contributed by atoms with Crippen LogP contribution in [-0.4, -0.2) is 63.3 Å². The molecule has 5 aromatic carbocycles. The summed E-state index contributed by atoms with van der Waals surface area (Å²) in [5.41, 5.74) is 1.15. The highest BCUT2D eigenvalue weighted by molar-refractivity contribution is 7.99. The van der Waals surface area contributed by atoms with Crippen LogP contribution in [0.15, 0.2) is 150 Å². The van der Waals surface area contributed by atoms with Crippen LogP contribution >= 0.6 is 11.8 Å². The third-order valence-electron chi connectivity index (χ3n) is 8.79. The van der Waals surface area contributed by atoms with E-state index in [0.29, 0.717) is 0 Å². The van der Waals surface area contributed by atoms with Gasteiger partial charge in [0.15, 0.2) is 0 Å². The third-order valence-corrected chi connectivity index (χ3v) is 9.96. The predicted octanol–water partition coefficient (Wildman–Crippen LogP) is 5.90. The van der Waals surface area contributed by atoms with E-state index in [1.54, 1.807) is 24.3 Å². The highest BCUT2D eigenvalue weighted by Crippen LogP contribution is 2.43. The second-order valence-corrected chi connectivity index (χ2v) is 12.7. The zero-order valence-corrected chi connectivity index (χ0v) is 26.1. The van der Waals surface area contributed by atoms with E-state index < -0.39 is 47.2 Å². The van der Waals surface area contributed by atoms with Gasteiger partial charge in [-0.15, -0.1) is 0 Å². The van der Waals surface area contributed by atoms with Crippen LogP contribution in [0.2, 0.25) is 0 Å². The molecule has 7 rings (SSSR count). The Balaban J connectivity index is 1.26. The second kappa shape index (κ2) is 13.3. The molecule has 236 valence electrons. The molecule has 47 heavy (non-hydrogen) atoms. The lowest BCUT2D eigenvalue weighted by atomic mass is 9.80. The molecule has 1 fully saturated rings. The number of carbonyl (C=O) groups is 2. The van der Waals surface area contributed by atoms with Gasteiger partial charge < -0.3 is 19.7 Å². The first-order valence-corrected chi connectivity index (χ1v) is 16.4. The average Bonchev–Trinajstić information content (AvgIpc) is 3.38. The zero-order valence-electron chi connectivity index (χ0n) is 25.3. The molecule has 0 radical (unpaired) electrons. The maximum atomic E-state index is 13.6. The normalized spacial score (nSPS) is 22.7. The van der Waals surface area contributed by atoms with E-state index in [4.69, 9.17) is 9.47 Å². The van der Waals surface area contributed by atoms with Crippen LogP contribution in [0.25, 0.3) is 0 Å². The van der Waals surface area contributed by atoms with E-state index in [9.17, 15) is 19.8 Å². The van der Waals surface area contributed by atoms with Gasteiger partial charge in [0.25, 0.3) is 11.8 Å². The van der Waals surface area contributed by atoms with Crippen LogP contribution in [0.4, 0.5) is 0 Å². The number of aliphatic hydroxyl groups excluding tert-OH is 2. The van der Waals surface area contributed by atoms with Crippen LogP contribution < -0.4 is 0 Å². The third kappa shape index (κ3) is 5.69. The molecule has 7 nitrogen and oxygen atoms in total. The van der Waals surface area contributed by atoms with E-state index in [2.05, 4.69) is 0 Å². The smallest absolute Gasteiger partial charge is 0.262 e. The number of amides is 2. The molecule has 2 amide bonds. The van der Waals surface area contributed by atoms with Gasteiger partial charge in [0.2, 0.25) is 0 Å². The van der Waals surface area contributed by atoms with Gasteiger partial charge in [-0.25, -0.2) is 0 Å². The molecular formula is C39H33NO6S. The molecule has 2 N–H and O–H groups in total. The quantitative estimate of drug-likeness (QED) is 0.153. The Morgan fingerprint density at radius 1 is 0.617 bits per heavy atom. The molecule has 0 bridgehead atoms. The van der Waals surface area contributed by atoms with Gasteiger partial charge in [-0.1, -0.05) is 133 Å². The lowest BCUT2D eigenvalue weighted by molar-refractivity contribution is -0.195. The first kappa shape index (κ1) is 31.1. The molecule has 2 aliphatic heterocycles. The maximum absolute atomic E-state index is 13.6. The van der Waals surface area contributed by atoms with Crippen LogP contribution in [0.1, 0.15) is 37.4 Å². The Morgan fingerprint density at radius 2 is 1.04 bits per heavy atom. The number of thioether (sulfide) groups is 1. The van der Waals surface area contributed by atoms with Gasteiger partial charge in [0.05, 0.1) is 17.7 Å². The minimum absolute atomic E-state index is 0.113. The Labute approximate surface area is 277 Å². The lowest BCUT2D eigenvalue weighted by Gasteiger charge is -2.46. The molecule has 1 saturated heterocycles. The predicted molar refractivity (Wildman–Crippen MR) is 179 cm³/mol. The number of hydrogen-bond donors (Lipinski definition) is 2. The van der Waals surface area contributed by atoms with Crippen molar-refractivity contribution in [1.29, 1.82) is 0 Å². The Hall–Kier alpha value is -4.57.